The predicted molar refractivity (Wildman–Crippen MR) is 122 cm³/mol. The van der Waals surface area contributed by atoms with Crippen LogP contribution in [0.5, 0.6) is 17.2 Å². The van der Waals surface area contributed by atoms with Gasteiger partial charge in [-0.05, 0) is 60.3 Å². The van der Waals surface area contributed by atoms with E-state index in [0.717, 1.165) is 35.6 Å². The van der Waals surface area contributed by atoms with E-state index in [0.29, 0.717) is 5.75 Å². The summed E-state index contributed by atoms with van der Waals surface area (Å²) in [5.41, 5.74) is 8.07. The third-order valence-corrected chi connectivity index (χ3v) is 7.15. The zero-order valence-electron chi connectivity index (χ0n) is 18.5. The summed E-state index contributed by atoms with van der Waals surface area (Å²) in [7, 11) is 3.88. The van der Waals surface area contributed by atoms with Gasteiger partial charge in [0.05, 0.1) is 7.11 Å². The second-order valence-corrected chi connectivity index (χ2v) is 8.81. The Bertz CT molecular complexity index is 1260. The highest BCUT2D eigenvalue weighted by atomic mass is 16.7. The first-order valence-corrected chi connectivity index (χ1v) is 11.0. The van der Waals surface area contributed by atoms with Gasteiger partial charge in [0.15, 0.2) is 17.3 Å². The van der Waals surface area contributed by atoms with Gasteiger partial charge in [-0.15, -0.1) is 0 Å². The van der Waals surface area contributed by atoms with Gasteiger partial charge in [-0.3, -0.25) is 9.69 Å². The van der Waals surface area contributed by atoms with Gasteiger partial charge in [0.2, 0.25) is 12.5 Å². The van der Waals surface area contributed by atoms with Gasteiger partial charge < -0.3 is 14.2 Å². The number of methoxy groups -OCH3 is 1. The fourth-order valence-electron chi connectivity index (χ4n) is 5.69. The van der Waals surface area contributed by atoms with Crippen LogP contribution in [0.25, 0.3) is 11.1 Å². The number of rotatable bonds is 3. The van der Waals surface area contributed by atoms with E-state index in [4.69, 9.17) is 14.2 Å². The molecule has 0 N–H and O–H groups in total. The van der Waals surface area contributed by atoms with Crippen LogP contribution >= 0.6 is 0 Å². The minimum Gasteiger partial charge on any atom is -0.492 e. The van der Waals surface area contributed by atoms with Gasteiger partial charge in [0.1, 0.15) is 0 Å². The molecule has 3 aromatic rings. The number of benzene rings is 3. The monoisotopic (exact) mass is 427 g/mol. The summed E-state index contributed by atoms with van der Waals surface area (Å²) in [6.45, 7) is 2.78. The summed E-state index contributed by atoms with van der Waals surface area (Å²) in [6.07, 6.45) is 0.921. The minimum absolute atomic E-state index is 0.0489. The molecule has 2 heterocycles. The standard InChI is InChI=1S/C27H25NO4/c1-15(29)16-8-9-19-18-6-4-5-7-20(18)24(21(19)12-16)25-23-17(10-11-28(25)2)13-22-26(27(23)30-3)32-14-31-22/h4-9,12-13,24-25H,10-11,14H2,1-3H3. The first-order valence-electron chi connectivity index (χ1n) is 11.0. The number of nitrogens with zero attached hydrogens (tertiary/aromatic N) is 1. The minimum atomic E-state index is 0.0489. The topological polar surface area (TPSA) is 48.0 Å². The van der Waals surface area contributed by atoms with Crippen molar-refractivity contribution in [3.05, 3.63) is 76.3 Å². The molecule has 32 heavy (non-hydrogen) atoms. The zero-order valence-corrected chi connectivity index (χ0v) is 18.5. The molecular weight excluding hydrogens is 402 g/mol. The number of ketones is 1. The lowest BCUT2D eigenvalue weighted by atomic mass is 9.79. The molecule has 5 heteroatoms. The lowest BCUT2D eigenvalue weighted by molar-refractivity contribution is 0.101. The number of likely N-dealkylation sites (N-methyl/N-ethyl adjacent to an activating group) is 1. The van der Waals surface area contributed by atoms with Crippen LogP contribution in [0.3, 0.4) is 0 Å². The Balaban J connectivity index is 1.62. The van der Waals surface area contributed by atoms with E-state index < -0.39 is 0 Å². The highest BCUT2D eigenvalue weighted by Crippen LogP contribution is 2.57. The quantitative estimate of drug-likeness (QED) is 0.553. The van der Waals surface area contributed by atoms with Gasteiger partial charge in [0, 0.05) is 29.6 Å². The number of Topliss-reactive ketones (excluding diaryl/α,β-unsaturated/α-hetero) is 1. The molecule has 3 aliphatic rings. The Morgan fingerprint density at radius 3 is 2.69 bits per heavy atom. The van der Waals surface area contributed by atoms with Crippen LogP contribution in [-0.2, 0) is 6.42 Å². The Kier molecular flexibility index (Phi) is 4.30. The molecule has 2 atom stereocenters. The second-order valence-electron chi connectivity index (χ2n) is 8.81. The molecule has 0 bridgehead atoms. The highest BCUT2D eigenvalue weighted by Gasteiger charge is 2.43. The Morgan fingerprint density at radius 2 is 1.88 bits per heavy atom. The van der Waals surface area contributed by atoms with Crippen LogP contribution < -0.4 is 14.2 Å². The Morgan fingerprint density at radius 1 is 1.06 bits per heavy atom. The van der Waals surface area contributed by atoms with Crippen LogP contribution in [0.15, 0.2) is 48.5 Å². The van der Waals surface area contributed by atoms with E-state index in [-0.39, 0.29) is 24.5 Å². The molecule has 0 saturated carbocycles. The van der Waals surface area contributed by atoms with Crippen molar-refractivity contribution in [3.63, 3.8) is 0 Å². The number of carbonyl (C=O) groups is 1. The second kappa shape index (κ2) is 7.10. The van der Waals surface area contributed by atoms with Gasteiger partial charge >= 0.3 is 0 Å². The summed E-state index contributed by atoms with van der Waals surface area (Å²) in [5.74, 6) is 2.38. The first kappa shape index (κ1) is 19.4. The van der Waals surface area contributed by atoms with Crippen molar-refractivity contribution < 1.29 is 19.0 Å². The number of fused-ring (bicyclic) bond motifs is 5. The maximum atomic E-state index is 12.2. The van der Waals surface area contributed by atoms with Crippen LogP contribution in [0.4, 0.5) is 0 Å². The molecule has 0 saturated heterocycles. The molecule has 162 valence electrons. The zero-order chi connectivity index (χ0) is 22.0. The largest absolute Gasteiger partial charge is 0.492 e. The molecule has 6 rings (SSSR count). The third kappa shape index (κ3) is 2.64. The van der Waals surface area contributed by atoms with Crippen molar-refractivity contribution >= 4 is 5.78 Å². The van der Waals surface area contributed by atoms with Crippen molar-refractivity contribution in [1.29, 1.82) is 0 Å². The van der Waals surface area contributed by atoms with Gasteiger partial charge in [-0.25, -0.2) is 0 Å². The van der Waals surface area contributed by atoms with Crippen molar-refractivity contribution in [2.45, 2.75) is 25.3 Å². The number of hydrogen-bond acceptors (Lipinski definition) is 5. The van der Waals surface area contributed by atoms with Gasteiger partial charge in [-0.2, -0.15) is 0 Å². The fourth-order valence-corrected chi connectivity index (χ4v) is 5.69. The molecule has 0 fully saturated rings. The number of ether oxygens (including phenoxy) is 3. The predicted octanol–water partition coefficient (Wildman–Crippen LogP) is 4.97. The molecule has 2 unspecified atom stereocenters. The van der Waals surface area contributed by atoms with E-state index in [2.05, 4.69) is 54.4 Å². The SMILES string of the molecule is COc1c2c(cc3c1C(C1c4ccccc4-c4ccc(C(C)=O)cc41)N(C)CC3)OCO2. The lowest BCUT2D eigenvalue weighted by Crippen LogP contribution is -2.36. The molecule has 0 amide bonds. The van der Waals surface area contributed by atoms with Gasteiger partial charge in [0.25, 0.3) is 0 Å². The Hall–Kier alpha value is -3.31. The Labute approximate surface area is 187 Å². The summed E-state index contributed by atoms with van der Waals surface area (Å²) in [4.78, 5) is 14.6. The van der Waals surface area contributed by atoms with E-state index in [1.165, 1.54) is 27.8 Å². The van der Waals surface area contributed by atoms with E-state index in [9.17, 15) is 4.79 Å². The first-order chi connectivity index (χ1) is 15.6. The maximum Gasteiger partial charge on any atom is 0.231 e. The molecule has 3 aromatic carbocycles. The van der Waals surface area contributed by atoms with Gasteiger partial charge in [-0.1, -0.05) is 36.4 Å². The summed E-state index contributed by atoms with van der Waals surface area (Å²) >= 11 is 0. The third-order valence-electron chi connectivity index (χ3n) is 7.15. The van der Waals surface area contributed by atoms with Crippen molar-refractivity contribution in [2.75, 3.05) is 27.5 Å². The average molecular weight is 428 g/mol. The smallest absolute Gasteiger partial charge is 0.231 e. The van der Waals surface area contributed by atoms with Crippen molar-refractivity contribution in [2.24, 2.45) is 0 Å². The normalized spacial score (nSPS) is 20.5. The maximum absolute atomic E-state index is 12.2. The van der Waals surface area contributed by atoms with Crippen LogP contribution in [0, 0.1) is 0 Å². The molecule has 0 radical (unpaired) electrons. The molecule has 0 spiro atoms. The van der Waals surface area contributed by atoms with Crippen molar-refractivity contribution in [3.8, 4) is 28.4 Å². The average Bonchev–Trinajstić information content (AvgIpc) is 3.40. The van der Waals surface area contributed by atoms with Crippen LogP contribution in [0.2, 0.25) is 0 Å². The number of hydrogen-bond donors (Lipinski definition) is 0. The summed E-state index contributed by atoms with van der Waals surface area (Å²) < 4.78 is 17.5. The highest BCUT2D eigenvalue weighted by molar-refractivity contribution is 5.96. The molecule has 2 aliphatic heterocycles. The summed E-state index contributed by atoms with van der Waals surface area (Å²) in [5, 5.41) is 0. The van der Waals surface area contributed by atoms with E-state index in [1.807, 2.05) is 6.07 Å². The number of carbonyl (C=O) groups excluding carboxylic acids is 1. The van der Waals surface area contributed by atoms with E-state index >= 15 is 0 Å². The summed E-state index contributed by atoms with van der Waals surface area (Å²) in [6, 6.07) is 16.9. The van der Waals surface area contributed by atoms with Crippen molar-refractivity contribution in [1.82, 2.24) is 4.90 Å². The molecule has 0 aromatic heterocycles. The lowest BCUT2D eigenvalue weighted by Gasteiger charge is -2.40. The van der Waals surface area contributed by atoms with Crippen LogP contribution in [0.1, 0.15) is 51.5 Å². The van der Waals surface area contributed by atoms with E-state index in [1.54, 1.807) is 14.0 Å². The molecule has 1 aliphatic carbocycles. The molecular formula is C27H25NO4. The van der Waals surface area contributed by atoms with Crippen LogP contribution in [-0.4, -0.2) is 38.2 Å². The fraction of sp³-hybridized carbons (Fsp3) is 0.296. The molecule has 5 nitrogen and oxygen atoms in total.